The molecule has 1 rings (SSSR count). The summed E-state index contributed by atoms with van der Waals surface area (Å²) in [7, 11) is 1.63. The van der Waals surface area contributed by atoms with Crippen molar-refractivity contribution >= 4 is 5.97 Å². The third-order valence-corrected chi connectivity index (χ3v) is 3.19. The van der Waals surface area contributed by atoms with E-state index in [0.29, 0.717) is 25.9 Å². The van der Waals surface area contributed by atoms with Crippen LogP contribution in [0.2, 0.25) is 0 Å². The molecule has 1 aromatic carbocycles. The van der Waals surface area contributed by atoms with Crippen molar-refractivity contribution in [3.05, 3.63) is 30.1 Å². The van der Waals surface area contributed by atoms with Crippen molar-refractivity contribution < 1.29 is 19.0 Å². The molecule has 2 N–H and O–H groups in total. The molecule has 0 radical (unpaired) electrons. The minimum Gasteiger partial charge on any atom is -0.491 e. The van der Waals surface area contributed by atoms with Crippen LogP contribution in [-0.4, -0.2) is 30.3 Å². The summed E-state index contributed by atoms with van der Waals surface area (Å²) in [6.45, 7) is 2.02. The number of ether oxygens (including phenoxy) is 1. The SMILES string of the molecule is CNC(C)(CCCCOc1ccccc1F)C(=O)O. The molecule has 106 valence electrons. The average molecular weight is 269 g/mol. The Balaban J connectivity index is 2.29. The Morgan fingerprint density at radius 1 is 1.42 bits per heavy atom. The summed E-state index contributed by atoms with van der Waals surface area (Å²) in [4.78, 5) is 11.0. The standard InChI is InChI=1S/C14H20FNO3/c1-14(16-2,13(17)18)9-5-6-10-19-12-8-4-3-7-11(12)15/h3-4,7-8,16H,5-6,9-10H2,1-2H3,(H,17,18). The quantitative estimate of drug-likeness (QED) is 0.712. The highest BCUT2D eigenvalue weighted by molar-refractivity contribution is 5.78. The van der Waals surface area contributed by atoms with Gasteiger partial charge in [-0.3, -0.25) is 4.79 Å². The molecule has 4 nitrogen and oxygen atoms in total. The van der Waals surface area contributed by atoms with Gasteiger partial charge in [-0.25, -0.2) is 4.39 Å². The summed E-state index contributed by atoms with van der Waals surface area (Å²) in [5.74, 6) is -1.02. The lowest BCUT2D eigenvalue weighted by Crippen LogP contribution is -2.47. The number of para-hydroxylation sites is 1. The van der Waals surface area contributed by atoms with Crippen molar-refractivity contribution in [1.29, 1.82) is 0 Å². The Morgan fingerprint density at radius 3 is 2.68 bits per heavy atom. The lowest BCUT2D eigenvalue weighted by molar-refractivity contribution is -0.144. The molecule has 19 heavy (non-hydrogen) atoms. The van der Waals surface area contributed by atoms with E-state index in [1.54, 1.807) is 32.2 Å². The van der Waals surface area contributed by atoms with Crippen molar-refractivity contribution in [3.63, 3.8) is 0 Å². The Hall–Kier alpha value is -1.62. The van der Waals surface area contributed by atoms with Gasteiger partial charge in [-0.1, -0.05) is 12.1 Å². The van der Waals surface area contributed by atoms with E-state index in [4.69, 9.17) is 9.84 Å². The van der Waals surface area contributed by atoms with Crippen molar-refractivity contribution in [3.8, 4) is 5.75 Å². The summed E-state index contributed by atoms with van der Waals surface area (Å²) in [6.07, 6.45) is 1.87. The van der Waals surface area contributed by atoms with Crippen LogP contribution in [0.1, 0.15) is 26.2 Å². The molecule has 0 saturated heterocycles. The second kappa shape index (κ2) is 7.09. The highest BCUT2D eigenvalue weighted by atomic mass is 19.1. The van der Waals surface area contributed by atoms with Gasteiger partial charge in [0.15, 0.2) is 11.6 Å². The smallest absolute Gasteiger partial charge is 0.323 e. The van der Waals surface area contributed by atoms with Crippen LogP contribution in [-0.2, 0) is 4.79 Å². The first kappa shape index (κ1) is 15.4. The molecule has 0 heterocycles. The second-order valence-corrected chi connectivity index (χ2v) is 4.62. The monoisotopic (exact) mass is 269 g/mol. The van der Waals surface area contributed by atoms with Gasteiger partial charge >= 0.3 is 5.97 Å². The van der Waals surface area contributed by atoms with Gasteiger partial charge in [-0.2, -0.15) is 0 Å². The van der Waals surface area contributed by atoms with Crippen LogP contribution >= 0.6 is 0 Å². The normalized spacial score (nSPS) is 13.8. The summed E-state index contributed by atoms with van der Waals surface area (Å²) in [6, 6.07) is 6.23. The maximum atomic E-state index is 13.2. The van der Waals surface area contributed by atoms with Crippen LogP contribution in [0.4, 0.5) is 4.39 Å². The Kier molecular flexibility index (Phi) is 5.76. The summed E-state index contributed by atoms with van der Waals surface area (Å²) < 4.78 is 18.5. The van der Waals surface area contributed by atoms with Crippen LogP contribution in [0.5, 0.6) is 5.75 Å². The third kappa shape index (κ3) is 4.52. The number of rotatable bonds is 8. The lowest BCUT2D eigenvalue weighted by Gasteiger charge is -2.23. The van der Waals surface area contributed by atoms with Gasteiger partial charge < -0.3 is 15.2 Å². The van der Waals surface area contributed by atoms with E-state index in [1.807, 2.05) is 0 Å². The molecule has 0 bridgehead atoms. The fraction of sp³-hybridized carbons (Fsp3) is 0.500. The molecule has 0 aliphatic rings. The van der Waals surface area contributed by atoms with Gasteiger partial charge in [0, 0.05) is 0 Å². The summed E-state index contributed by atoms with van der Waals surface area (Å²) in [5.41, 5.74) is -0.919. The maximum absolute atomic E-state index is 13.2. The van der Waals surface area contributed by atoms with E-state index in [-0.39, 0.29) is 11.6 Å². The number of carboxylic acid groups (broad SMARTS) is 1. The van der Waals surface area contributed by atoms with Crippen LogP contribution in [0, 0.1) is 5.82 Å². The van der Waals surface area contributed by atoms with E-state index < -0.39 is 11.5 Å². The molecule has 5 heteroatoms. The number of halogens is 1. The predicted octanol–water partition coefficient (Wildman–Crippen LogP) is 2.44. The summed E-state index contributed by atoms with van der Waals surface area (Å²) >= 11 is 0. The number of hydrogen-bond acceptors (Lipinski definition) is 3. The molecule has 1 aromatic rings. The van der Waals surface area contributed by atoms with Crippen molar-refractivity contribution in [2.75, 3.05) is 13.7 Å². The molecule has 0 saturated carbocycles. The number of likely N-dealkylation sites (N-methyl/N-ethyl adjacent to an activating group) is 1. The largest absolute Gasteiger partial charge is 0.491 e. The van der Waals surface area contributed by atoms with Crippen LogP contribution in [0.3, 0.4) is 0 Å². The number of nitrogens with one attached hydrogen (secondary N) is 1. The molecule has 0 fully saturated rings. The maximum Gasteiger partial charge on any atom is 0.323 e. The fourth-order valence-electron chi connectivity index (χ4n) is 1.66. The first-order valence-corrected chi connectivity index (χ1v) is 6.29. The molecular formula is C14H20FNO3. The first-order chi connectivity index (χ1) is 8.99. The molecule has 1 atom stereocenters. The second-order valence-electron chi connectivity index (χ2n) is 4.62. The fourth-order valence-corrected chi connectivity index (χ4v) is 1.66. The van der Waals surface area contributed by atoms with E-state index in [2.05, 4.69) is 5.32 Å². The first-order valence-electron chi connectivity index (χ1n) is 6.29. The van der Waals surface area contributed by atoms with E-state index in [9.17, 15) is 9.18 Å². The van der Waals surface area contributed by atoms with Gasteiger partial charge in [-0.05, 0) is 45.4 Å². The average Bonchev–Trinajstić information content (AvgIpc) is 2.39. The number of benzene rings is 1. The van der Waals surface area contributed by atoms with Crippen molar-refractivity contribution in [2.45, 2.75) is 31.7 Å². The van der Waals surface area contributed by atoms with Crippen LogP contribution in [0.25, 0.3) is 0 Å². The molecule has 0 aromatic heterocycles. The highest BCUT2D eigenvalue weighted by Gasteiger charge is 2.30. The van der Waals surface area contributed by atoms with E-state index >= 15 is 0 Å². The topological polar surface area (TPSA) is 58.6 Å². The molecule has 0 aliphatic heterocycles. The van der Waals surface area contributed by atoms with E-state index in [1.165, 1.54) is 6.07 Å². The predicted molar refractivity (Wildman–Crippen MR) is 70.8 cm³/mol. The number of aliphatic carboxylic acids is 1. The Morgan fingerprint density at radius 2 is 2.11 bits per heavy atom. The Bertz CT molecular complexity index is 425. The van der Waals surface area contributed by atoms with E-state index in [0.717, 1.165) is 0 Å². The zero-order valence-corrected chi connectivity index (χ0v) is 11.3. The zero-order valence-electron chi connectivity index (χ0n) is 11.3. The van der Waals surface area contributed by atoms with Gasteiger partial charge in [-0.15, -0.1) is 0 Å². The van der Waals surface area contributed by atoms with Gasteiger partial charge in [0.1, 0.15) is 5.54 Å². The zero-order chi connectivity index (χ0) is 14.3. The lowest BCUT2D eigenvalue weighted by atomic mass is 9.95. The minimum absolute atomic E-state index is 0.233. The van der Waals surface area contributed by atoms with Crippen molar-refractivity contribution in [1.82, 2.24) is 5.32 Å². The molecule has 0 amide bonds. The third-order valence-electron chi connectivity index (χ3n) is 3.19. The summed E-state index contributed by atoms with van der Waals surface area (Å²) in [5, 5.41) is 11.9. The molecule has 1 unspecified atom stereocenters. The molecule has 0 spiro atoms. The number of carbonyl (C=O) groups is 1. The minimum atomic E-state index is -0.919. The molecular weight excluding hydrogens is 249 g/mol. The van der Waals surface area contributed by atoms with Crippen molar-refractivity contribution in [2.24, 2.45) is 0 Å². The van der Waals surface area contributed by atoms with Gasteiger partial charge in [0.25, 0.3) is 0 Å². The van der Waals surface area contributed by atoms with Gasteiger partial charge in [0.2, 0.25) is 0 Å². The van der Waals surface area contributed by atoms with Gasteiger partial charge in [0.05, 0.1) is 6.61 Å². The number of unbranched alkanes of at least 4 members (excludes halogenated alkanes) is 1. The van der Waals surface area contributed by atoms with Crippen LogP contribution < -0.4 is 10.1 Å². The number of hydrogen-bond donors (Lipinski definition) is 2. The van der Waals surface area contributed by atoms with Crippen LogP contribution in [0.15, 0.2) is 24.3 Å². The highest BCUT2D eigenvalue weighted by Crippen LogP contribution is 2.17. The number of carboxylic acids is 1. The molecule has 0 aliphatic carbocycles. The Labute approximate surface area is 112 Å².